The summed E-state index contributed by atoms with van der Waals surface area (Å²) in [5.74, 6) is -0.481. The molecule has 136 valence electrons. The van der Waals surface area contributed by atoms with Gasteiger partial charge in [0.25, 0.3) is 0 Å². The van der Waals surface area contributed by atoms with E-state index in [2.05, 4.69) is 0 Å². The number of ether oxygens (including phenoxy) is 1. The number of nitriles is 1. The fourth-order valence-electron chi connectivity index (χ4n) is 3.97. The first-order valence-electron chi connectivity index (χ1n) is 9.06. The molecule has 1 amide bonds. The Morgan fingerprint density at radius 1 is 1.19 bits per heavy atom. The van der Waals surface area contributed by atoms with Crippen LogP contribution in [0.4, 0.5) is 9.18 Å². The van der Waals surface area contributed by atoms with E-state index in [4.69, 9.17) is 10.00 Å². The van der Waals surface area contributed by atoms with E-state index in [1.54, 1.807) is 17.0 Å². The van der Waals surface area contributed by atoms with E-state index in [-0.39, 0.29) is 30.3 Å². The van der Waals surface area contributed by atoms with Crippen molar-refractivity contribution in [3.05, 3.63) is 77.1 Å². The topological polar surface area (TPSA) is 53.3 Å². The number of amides is 1. The summed E-state index contributed by atoms with van der Waals surface area (Å²) in [6.07, 6.45) is 3.90. The van der Waals surface area contributed by atoms with Crippen molar-refractivity contribution in [2.24, 2.45) is 0 Å². The molecule has 2 heterocycles. The highest BCUT2D eigenvalue weighted by Gasteiger charge is 2.41. The van der Waals surface area contributed by atoms with Gasteiger partial charge in [-0.25, -0.2) is 9.18 Å². The zero-order valence-corrected chi connectivity index (χ0v) is 14.8. The molecular formula is C22H19FN2O2. The van der Waals surface area contributed by atoms with Crippen LogP contribution in [0.5, 0.6) is 0 Å². The van der Waals surface area contributed by atoms with Crippen molar-refractivity contribution in [1.29, 1.82) is 5.26 Å². The van der Waals surface area contributed by atoms with Gasteiger partial charge in [0.05, 0.1) is 11.6 Å². The van der Waals surface area contributed by atoms with Gasteiger partial charge in [-0.2, -0.15) is 5.26 Å². The number of hydrogen-bond acceptors (Lipinski definition) is 3. The minimum Gasteiger partial charge on any atom is -0.445 e. The second kappa shape index (κ2) is 7.24. The lowest BCUT2D eigenvalue weighted by Crippen LogP contribution is -2.43. The van der Waals surface area contributed by atoms with Crippen molar-refractivity contribution < 1.29 is 13.9 Å². The summed E-state index contributed by atoms with van der Waals surface area (Å²) in [4.78, 5) is 14.4. The Balaban J connectivity index is 1.51. The summed E-state index contributed by atoms with van der Waals surface area (Å²) >= 11 is 0. The van der Waals surface area contributed by atoms with Crippen LogP contribution < -0.4 is 0 Å². The number of nitrogens with zero attached hydrogens (tertiary/aromatic N) is 2. The van der Waals surface area contributed by atoms with Crippen molar-refractivity contribution in [3.63, 3.8) is 0 Å². The summed E-state index contributed by atoms with van der Waals surface area (Å²) in [5, 5.41) is 9.05. The maximum absolute atomic E-state index is 14.5. The van der Waals surface area contributed by atoms with Gasteiger partial charge in [0.1, 0.15) is 18.5 Å². The molecule has 2 atom stereocenters. The standard InChI is InChI=1S/C22H19FN2O2/c23-21-16(13-24)7-4-8-20(21)17-11-18-9-10-19(12-17)25(18)22(26)27-14-15-5-2-1-3-6-15/h1-8,11,18-19H,9-10,12,14H2. The fourth-order valence-corrected chi connectivity index (χ4v) is 3.97. The van der Waals surface area contributed by atoms with Crippen molar-refractivity contribution in [1.82, 2.24) is 4.90 Å². The Kier molecular flexibility index (Phi) is 4.64. The molecule has 0 aliphatic carbocycles. The van der Waals surface area contributed by atoms with Gasteiger partial charge in [0.15, 0.2) is 0 Å². The molecule has 2 aliphatic heterocycles. The fraction of sp³-hybridized carbons (Fsp3) is 0.273. The van der Waals surface area contributed by atoms with Crippen LogP contribution in [0.2, 0.25) is 0 Å². The highest BCUT2D eigenvalue weighted by Crippen LogP contribution is 2.39. The lowest BCUT2D eigenvalue weighted by molar-refractivity contribution is 0.0832. The largest absolute Gasteiger partial charge is 0.445 e. The van der Waals surface area contributed by atoms with Gasteiger partial charge in [0.2, 0.25) is 0 Å². The van der Waals surface area contributed by atoms with E-state index < -0.39 is 5.82 Å². The highest BCUT2D eigenvalue weighted by atomic mass is 19.1. The molecule has 4 rings (SSSR count). The number of halogens is 1. The summed E-state index contributed by atoms with van der Waals surface area (Å²) in [7, 11) is 0. The lowest BCUT2D eigenvalue weighted by Gasteiger charge is -2.33. The molecule has 2 bridgehead atoms. The van der Waals surface area contributed by atoms with Gasteiger partial charge in [0, 0.05) is 11.6 Å². The van der Waals surface area contributed by atoms with E-state index in [1.165, 1.54) is 6.07 Å². The second-order valence-electron chi connectivity index (χ2n) is 6.92. The number of hydrogen-bond donors (Lipinski definition) is 0. The molecule has 2 aromatic carbocycles. The van der Waals surface area contributed by atoms with Crippen LogP contribution in [0, 0.1) is 17.1 Å². The van der Waals surface area contributed by atoms with E-state index >= 15 is 0 Å². The van der Waals surface area contributed by atoms with Gasteiger partial charge in [-0.1, -0.05) is 48.5 Å². The van der Waals surface area contributed by atoms with Crippen molar-refractivity contribution >= 4 is 11.7 Å². The first kappa shape index (κ1) is 17.3. The molecule has 1 saturated heterocycles. The minimum absolute atomic E-state index is 0.00316. The van der Waals surface area contributed by atoms with Crippen molar-refractivity contribution in [2.45, 2.75) is 38.0 Å². The van der Waals surface area contributed by atoms with Crippen molar-refractivity contribution in [3.8, 4) is 6.07 Å². The molecule has 2 aromatic rings. The summed E-state index contributed by atoms with van der Waals surface area (Å²) < 4.78 is 20.0. The third kappa shape index (κ3) is 3.31. The summed E-state index contributed by atoms with van der Waals surface area (Å²) in [5.41, 5.74) is 2.32. The maximum atomic E-state index is 14.5. The van der Waals surface area contributed by atoms with Crippen LogP contribution >= 0.6 is 0 Å². The predicted molar refractivity (Wildman–Crippen MR) is 99.0 cm³/mol. The van der Waals surface area contributed by atoms with Crippen molar-refractivity contribution in [2.75, 3.05) is 0 Å². The average Bonchev–Trinajstić information content (AvgIpc) is 2.97. The van der Waals surface area contributed by atoms with Crippen LogP contribution in [0.3, 0.4) is 0 Å². The van der Waals surface area contributed by atoms with Crippen LogP contribution in [-0.4, -0.2) is 23.1 Å². The molecular weight excluding hydrogens is 343 g/mol. The van der Waals surface area contributed by atoms with Gasteiger partial charge in [-0.15, -0.1) is 0 Å². The summed E-state index contributed by atoms with van der Waals surface area (Å²) in [6.45, 7) is 0.241. The molecule has 0 saturated carbocycles. The quantitative estimate of drug-likeness (QED) is 0.798. The highest BCUT2D eigenvalue weighted by molar-refractivity contribution is 5.75. The molecule has 2 unspecified atom stereocenters. The number of benzene rings is 2. The molecule has 0 aromatic heterocycles. The first-order chi connectivity index (χ1) is 13.2. The van der Waals surface area contributed by atoms with Gasteiger partial charge in [-0.05, 0) is 36.5 Å². The molecule has 2 aliphatic rings. The molecule has 1 fully saturated rings. The Morgan fingerprint density at radius 2 is 2.00 bits per heavy atom. The zero-order chi connectivity index (χ0) is 18.8. The van der Waals surface area contributed by atoms with E-state index in [0.717, 1.165) is 24.0 Å². The molecule has 0 radical (unpaired) electrons. The van der Waals surface area contributed by atoms with Crippen LogP contribution in [-0.2, 0) is 11.3 Å². The van der Waals surface area contributed by atoms with E-state index in [0.29, 0.717) is 12.0 Å². The normalized spacial score (nSPS) is 20.7. The number of carbonyl (C=O) groups excluding carboxylic acids is 1. The Bertz CT molecular complexity index is 933. The molecule has 0 spiro atoms. The maximum Gasteiger partial charge on any atom is 0.410 e. The minimum atomic E-state index is -0.481. The molecule has 27 heavy (non-hydrogen) atoms. The van der Waals surface area contributed by atoms with Gasteiger partial charge < -0.3 is 4.74 Å². The number of carbonyl (C=O) groups is 1. The SMILES string of the molecule is N#Cc1cccc(C2=CC3CCC(C2)N3C(=O)OCc2ccccc2)c1F. The molecule has 4 nitrogen and oxygen atoms in total. The monoisotopic (exact) mass is 362 g/mol. The number of fused-ring (bicyclic) bond motifs is 2. The smallest absolute Gasteiger partial charge is 0.410 e. The number of rotatable bonds is 3. The van der Waals surface area contributed by atoms with Crippen LogP contribution in [0.25, 0.3) is 5.57 Å². The molecule has 5 heteroatoms. The summed E-state index contributed by atoms with van der Waals surface area (Å²) in [6, 6.07) is 16.2. The molecule has 0 N–H and O–H groups in total. The Labute approximate surface area is 157 Å². The Morgan fingerprint density at radius 3 is 2.74 bits per heavy atom. The van der Waals surface area contributed by atoms with Gasteiger partial charge in [-0.3, -0.25) is 4.90 Å². The lowest BCUT2D eigenvalue weighted by atomic mass is 9.93. The average molecular weight is 362 g/mol. The zero-order valence-electron chi connectivity index (χ0n) is 14.8. The van der Waals surface area contributed by atoms with Crippen LogP contribution in [0.15, 0.2) is 54.6 Å². The van der Waals surface area contributed by atoms with Gasteiger partial charge >= 0.3 is 6.09 Å². The second-order valence-corrected chi connectivity index (χ2v) is 6.92. The Hall–Kier alpha value is -3.13. The van der Waals surface area contributed by atoms with E-state index in [9.17, 15) is 9.18 Å². The first-order valence-corrected chi connectivity index (χ1v) is 9.06. The predicted octanol–water partition coefficient (Wildman–Crippen LogP) is 4.65. The third-order valence-electron chi connectivity index (χ3n) is 5.28. The third-order valence-corrected chi connectivity index (χ3v) is 5.28. The van der Waals surface area contributed by atoms with Crippen LogP contribution in [0.1, 0.15) is 36.0 Å². The van der Waals surface area contributed by atoms with E-state index in [1.807, 2.05) is 42.5 Å².